The molecule has 0 saturated carbocycles. The van der Waals surface area contributed by atoms with Crippen molar-refractivity contribution in [3.8, 4) is 23.3 Å². The van der Waals surface area contributed by atoms with Crippen LogP contribution in [-0.4, -0.2) is 25.4 Å². The molecule has 1 unspecified atom stereocenters. The standard InChI is InChI=1S/C32H28N2O5/c1-36-32(35)20-27(21-33)25-14-18-29(19-15-25)37-22-24-12-16-28(17-13-24)38-23-31(26-8-4-2-5-9-26)34-39-30-10-6-3-7-11-30/h2-19,27H,20,22-23H2,1H3. The number of hydrogen-bond acceptors (Lipinski definition) is 7. The first-order valence-corrected chi connectivity index (χ1v) is 12.4. The van der Waals surface area contributed by atoms with E-state index in [1.807, 2.05) is 84.9 Å². The molecule has 39 heavy (non-hydrogen) atoms. The van der Waals surface area contributed by atoms with Crippen LogP contribution in [0, 0.1) is 11.3 Å². The summed E-state index contributed by atoms with van der Waals surface area (Å²) in [5.41, 5.74) is 3.29. The molecule has 0 spiro atoms. The molecule has 0 heterocycles. The Morgan fingerprint density at radius 1 is 0.795 bits per heavy atom. The van der Waals surface area contributed by atoms with Crippen LogP contribution in [0.1, 0.15) is 29.0 Å². The van der Waals surface area contributed by atoms with E-state index in [0.29, 0.717) is 29.6 Å². The van der Waals surface area contributed by atoms with Gasteiger partial charge >= 0.3 is 5.97 Å². The average molecular weight is 521 g/mol. The van der Waals surface area contributed by atoms with Gasteiger partial charge in [-0.1, -0.05) is 78.0 Å². The number of rotatable bonds is 12. The minimum atomic E-state index is -0.559. The Balaban J connectivity index is 1.32. The normalized spacial score (nSPS) is 11.6. The zero-order valence-corrected chi connectivity index (χ0v) is 21.5. The minimum absolute atomic E-state index is 0.0143. The maximum absolute atomic E-state index is 11.5. The molecule has 1 atom stereocenters. The summed E-state index contributed by atoms with van der Waals surface area (Å²) in [6, 6.07) is 36.1. The van der Waals surface area contributed by atoms with Crippen LogP contribution in [0.15, 0.2) is 114 Å². The molecule has 0 aliphatic carbocycles. The van der Waals surface area contributed by atoms with Gasteiger partial charge in [0.2, 0.25) is 0 Å². The fourth-order valence-electron chi connectivity index (χ4n) is 3.67. The van der Waals surface area contributed by atoms with Crippen LogP contribution in [-0.2, 0) is 16.1 Å². The molecule has 7 heteroatoms. The third-order valence-corrected chi connectivity index (χ3v) is 5.85. The number of carbonyl (C=O) groups excluding carboxylic acids is 1. The van der Waals surface area contributed by atoms with Crippen molar-refractivity contribution in [3.63, 3.8) is 0 Å². The van der Waals surface area contributed by atoms with Crippen molar-refractivity contribution in [2.24, 2.45) is 5.16 Å². The molecular weight excluding hydrogens is 492 g/mol. The first kappa shape index (κ1) is 27.0. The van der Waals surface area contributed by atoms with Crippen molar-refractivity contribution in [1.82, 2.24) is 0 Å². The summed E-state index contributed by atoms with van der Waals surface area (Å²) in [6.07, 6.45) is 0.0143. The smallest absolute Gasteiger partial charge is 0.307 e. The number of hydrogen-bond donors (Lipinski definition) is 0. The van der Waals surface area contributed by atoms with Crippen LogP contribution < -0.4 is 14.3 Å². The van der Waals surface area contributed by atoms with Crippen molar-refractivity contribution >= 4 is 11.7 Å². The van der Waals surface area contributed by atoms with Gasteiger partial charge in [0.1, 0.15) is 30.4 Å². The maximum atomic E-state index is 11.5. The van der Waals surface area contributed by atoms with Crippen LogP contribution in [0.2, 0.25) is 0 Å². The lowest BCUT2D eigenvalue weighted by Gasteiger charge is -2.11. The molecule has 196 valence electrons. The predicted octanol–water partition coefficient (Wildman–Crippen LogP) is 6.30. The third kappa shape index (κ3) is 8.20. The zero-order chi connectivity index (χ0) is 27.3. The number of methoxy groups -OCH3 is 1. The number of para-hydroxylation sites is 1. The van der Waals surface area contributed by atoms with Crippen molar-refractivity contribution in [3.05, 3.63) is 126 Å². The fourth-order valence-corrected chi connectivity index (χ4v) is 3.67. The van der Waals surface area contributed by atoms with Crippen LogP contribution in [0.4, 0.5) is 0 Å². The number of ether oxygens (including phenoxy) is 3. The highest BCUT2D eigenvalue weighted by atomic mass is 16.6. The molecule has 0 saturated heterocycles. The molecule has 0 aliphatic rings. The van der Waals surface area contributed by atoms with Crippen molar-refractivity contribution < 1.29 is 23.8 Å². The second-order valence-corrected chi connectivity index (χ2v) is 8.56. The SMILES string of the molecule is COC(=O)CC(C#N)c1ccc(OCc2ccc(OCC(=NOc3ccccc3)c3ccccc3)cc2)cc1. The summed E-state index contributed by atoms with van der Waals surface area (Å²) in [5.74, 6) is 1.03. The fraction of sp³-hybridized carbons (Fsp3) is 0.156. The number of nitriles is 1. The minimum Gasteiger partial charge on any atom is -0.489 e. The van der Waals surface area contributed by atoms with E-state index in [2.05, 4.69) is 16.0 Å². The van der Waals surface area contributed by atoms with Gasteiger partial charge in [-0.25, -0.2) is 0 Å². The molecule has 0 fully saturated rings. The molecule has 4 aromatic rings. The van der Waals surface area contributed by atoms with E-state index in [0.717, 1.165) is 16.7 Å². The van der Waals surface area contributed by atoms with Gasteiger partial charge in [-0.15, -0.1) is 0 Å². The van der Waals surface area contributed by atoms with Gasteiger partial charge in [-0.3, -0.25) is 4.79 Å². The van der Waals surface area contributed by atoms with Gasteiger partial charge in [0.15, 0.2) is 5.75 Å². The Morgan fingerprint density at radius 3 is 2.05 bits per heavy atom. The van der Waals surface area contributed by atoms with Crippen LogP contribution in [0.3, 0.4) is 0 Å². The summed E-state index contributed by atoms with van der Waals surface area (Å²) in [7, 11) is 1.31. The summed E-state index contributed by atoms with van der Waals surface area (Å²) < 4.78 is 16.5. The van der Waals surface area contributed by atoms with Gasteiger partial charge < -0.3 is 19.0 Å². The predicted molar refractivity (Wildman–Crippen MR) is 148 cm³/mol. The number of oxime groups is 1. The lowest BCUT2D eigenvalue weighted by Crippen LogP contribution is -2.14. The topological polar surface area (TPSA) is 90.1 Å². The molecule has 4 aromatic carbocycles. The van der Waals surface area contributed by atoms with Crippen molar-refractivity contribution in [2.75, 3.05) is 13.7 Å². The third-order valence-electron chi connectivity index (χ3n) is 5.85. The Morgan fingerprint density at radius 2 is 1.41 bits per heavy atom. The van der Waals surface area contributed by atoms with E-state index in [4.69, 9.17) is 14.3 Å². The molecule has 0 aromatic heterocycles. The monoisotopic (exact) mass is 520 g/mol. The number of benzene rings is 4. The van der Waals surface area contributed by atoms with E-state index < -0.39 is 11.9 Å². The zero-order valence-electron chi connectivity index (χ0n) is 21.5. The molecule has 0 radical (unpaired) electrons. The second-order valence-electron chi connectivity index (χ2n) is 8.56. The number of esters is 1. The Kier molecular flexibility index (Phi) is 9.68. The molecule has 4 rings (SSSR count). The van der Waals surface area contributed by atoms with Crippen molar-refractivity contribution in [2.45, 2.75) is 18.9 Å². The summed E-state index contributed by atoms with van der Waals surface area (Å²) in [6.45, 7) is 0.601. The quantitative estimate of drug-likeness (QED) is 0.124. The lowest BCUT2D eigenvalue weighted by molar-refractivity contribution is -0.140. The Hall–Kier alpha value is -5.09. The van der Waals surface area contributed by atoms with Crippen molar-refractivity contribution in [1.29, 1.82) is 5.26 Å². The molecule has 0 bridgehead atoms. The highest BCUT2D eigenvalue weighted by molar-refractivity contribution is 6.01. The molecule has 0 aliphatic heterocycles. The Bertz CT molecular complexity index is 1400. The van der Waals surface area contributed by atoms with Crippen LogP contribution in [0.25, 0.3) is 0 Å². The number of carbonyl (C=O) groups is 1. The average Bonchev–Trinajstić information content (AvgIpc) is 3.00. The summed E-state index contributed by atoms with van der Waals surface area (Å²) in [5, 5.41) is 13.7. The first-order chi connectivity index (χ1) is 19.1. The highest BCUT2D eigenvalue weighted by Crippen LogP contribution is 2.23. The van der Waals surface area contributed by atoms with Crippen LogP contribution in [0.5, 0.6) is 17.2 Å². The van der Waals surface area contributed by atoms with Gasteiger partial charge in [0.05, 0.1) is 25.5 Å². The van der Waals surface area contributed by atoms with Gasteiger partial charge in [0, 0.05) is 5.56 Å². The van der Waals surface area contributed by atoms with E-state index in [1.165, 1.54) is 7.11 Å². The molecule has 0 N–H and O–H groups in total. The van der Waals surface area contributed by atoms with Gasteiger partial charge in [-0.2, -0.15) is 5.26 Å². The first-order valence-electron chi connectivity index (χ1n) is 12.4. The highest BCUT2D eigenvalue weighted by Gasteiger charge is 2.16. The number of nitrogens with zero attached hydrogens (tertiary/aromatic N) is 2. The maximum Gasteiger partial charge on any atom is 0.307 e. The van der Waals surface area contributed by atoms with E-state index in [-0.39, 0.29) is 13.0 Å². The summed E-state index contributed by atoms with van der Waals surface area (Å²) >= 11 is 0. The molecule has 7 nitrogen and oxygen atoms in total. The lowest BCUT2D eigenvalue weighted by atomic mass is 9.97. The molecule has 0 amide bonds. The second kappa shape index (κ2) is 14.0. The van der Waals surface area contributed by atoms with Gasteiger partial charge in [-0.05, 0) is 47.5 Å². The molecular formula is C32H28N2O5. The van der Waals surface area contributed by atoms with E-state index in [9.17, 15) is 10.1 Å². The van der Waals surface area contributed by atoms with E-state index in [1.54, 1.807) is 24.3 Å². The van der Waals surface area contributed by atoms with E-state index >= 15 is 0 Å². The largest absolute Gasteiger partial charge is 0.489 e. The Labute approximate surface area is 227 Å². The van der Waals surface area contributed by atoms with Gasteiger partial charge in [0.25, 0.3) is 0 Å². The van der Waals surface area contributed by atoms with Crippen LogP contribution >= 0.6 is 0 Å². The summed E-state index contributed by atoms with van der Waals surface area (Å²) in [4.78, 5) is 17.1.